The van der Waals surface area contributed by atoms with Crippen LogP contribution in [0, 0.1) is 5.92 Å². The predicted molar refractivity (Wildman–Crippen MR) is 33.3 cm³/mol. The van der Waals surface area contributed by atoms with Crippen molar-refractivity contribution in [3.8, 4) is 0 Å². The summed E-state index contributed by atoms with van der Waals surface area (Å²) in [5, 5.41) is 11.8. The van der Waals surface area contributed by atoms with Crippen LogP contribution in [0.15, 0.2) is 5.11 Å². The van der Waals surface area contributed by atoms with Gasteiger partial charge in [-0.1, -0.05) is 12.0 Å². The Morgan fingerprint density at radius 2 is 2.50 bits per heavy atom. The van der Waals surface area contributed by atoms with Gasteiger partial charge < -0.3 is 5.11 Å². The van der Waals surface area contributed by atoms with Crippen LogP contribution in [-0.2, 0) is 4.79 Å². The Bertz CT molecular complexity index is 217. The molecule has 5 nitrogen and oxygen atoms in total. The maximum atomic E-state index is 10.4. The van der Waals surface area contributed by atoms with Crippen LogP contribution in [0.25, 0.3) is 10.4 Å². The molecule has 0 aromatic carbocycles. The van der Waals surface area contributed by atoms with E-state index in [4.69, 9.17) is 10.6 Å². The van der Waals surface area contributed by atoms with E-state index in [-0.39, 0.29) is 5.92 Å². The third-order valence-corrected chi connectivity index (χ3v) is 1.87. The summed E-state index contributed by atoms with van der Waals surface area (Å²) in [6.45, 7) is 1.75. The molecule has 1 saturated carbocycles. The first kappa shape index (κ1) is 6.89. The van der Waals surface area contributed by atoms with Gasteiger partial charge in [-0.2, -0.15) is 0 Å². The molecule has 1 aliphatic rings. The minimum absolute atomic E-state index is 0.0131. The highest BCUT2D eigenvalue weighted by Gasteiger charge is 2.57. The van der Waals surface area contributed by atoms with Gasteiger partial charge in [0.15, 0.2) is 0 Å². The fraction of sp³-hybridized carbons (Fsp3) is 0.800. The predicted octanol–water partition coefficient (Wildman–Crippen LogP) is 1.16. The molecule has 0 heterocycles. The van der Waals surface area contributed by atoms with E-state index >= 15 is 0 Å². The number of nitrogens with zero attached hydrogens (tertiary/aromatic N) is 3. The van der Waals surface area contributed by atoms with Crippen molar-refractivity contribution in [1.29, 1.82) is 0 Å². The van der Waals surface area contributed by atoms with Crippen molar-refractivity contribution in [2.75, 3.05) is 0 Å². The summed E-state index contributed by atoms with van der Waals surface area (Å²) in [5.74, 6) is -1.03. The minimum Gasteiger partial charge on any atom is -0.481 e. The van der Waals surface area contributed by atoms with E-state index in [9.17, 15) is 4.79 Å². The maximum absolute atomic E-state index is 10.4. The van der Waals surface area contributed by atoms with Gasteiger partial charge in [-0.05, 0) is 17.9 Å². The number of rotatable bonds is 2. The van der Waals surface area contributed by atoms with E-state index in [1.54, 1.807) is 6.92 Å². The van der Waals surface area contributed by atoms with Crippen LogP contribution in [0.4, 0.5) is 0 Å². The second-order valence-electron chi connectivity index (χ2n) is 2.52. The quantitative estimate of drug-likeness (QED) is 0.355. The van der Waals surface area contributed by atoms with Gasteiger partial charge in [0.05, 0.1) is 0 Å². The van der Waals surface area contributed by atoms with Crippen molar-refractivity contribution in [2.45, 2.75) is 18.9 Å². The van der Waals surface area contributed by atoms with E-state index in [0.29, 0.717) is 6.42 Å². The van der Waals surface area contributed by atoms with Gasteiger partial charge in [0.25, 0.3) is 0 Å². The monoisotopic (exact) mass is 141 g/mol. The van der Waals surface area contributed by atoms with Crippen LogP contribution in [0.3, 0.4) is 0 Å². The zero-order chi connectivity index (χ0) is 7.78. The molecule has 5 heteroatoms. The molecule has 0 amide bonds. The average Bonchev–Trinajstić information content (AvgIpc) is 2.44. The molecule has 1 rings (SSSR count). The molecule has 0 aromatic heterocycles. The smallest absolute Gasteiger partial charge is 0.315 e. The largest absolute Gasteiger partial charge is 0.481 e. The van der Waals surface area contributed by atoms with Gasteiger partial charge >= 0.3 is 5.97 Å². The van der Waals surface area contributed by atoms with Gasteiger partial charge in [0.2, 0.25) is 0 Å². The molecule has 2 atom stereocenters. The second-order valence-corrected chi connectivity index (χ2v) is 2.52. The molecule has 54 valence electrons. The molecular formula is C5H7N3O2. The molecule has 0 spiro atoms. The number of carbonyl (C=O) groups is 1. The molecule has 1 aliphatic carbocycles. The highest BCUT2D eigenvalue weighted by Crippen LogP contribution is 2.46. The average molecular weight is 141 g/mol. The van der Waals surface area contributed by atoms with Crippen LogP contribution in [0.1, 0.15) is 13.3 Å². The first-order chi connectivity index (χ1) is 4.63. The van der Waals surface area contributed by atoms with Crippen molar-refractivity contribution < 1.29 is 9.90 Å². The number of carboxylic acids is 1. The Labute approximate surface area is 57.3 Å². The summed E-state index contributed by atoms with van der Waals surface area (Å²) in [6.07, 6.45) is 0.465. The summed E-state index contributed by atoms with van der Waals surface area (Å²) < 4.78 is 0. The summed E-state index contributed by atoms with van der Waals surface area (Å²) in [6, 6.07) is 0. The SMILES string of the molecule is C[C@@H]1C[C@@]1(N=[N+]=[N-])C(=O)O. The Morgan fingerprint density at radius 1 is 2.00 bits per heavy atom. The molecular weight excluding hydrogens is 134 g/mol. The Balaban J connectivity index is 2.83. The van der Waals surface area contributed by atoms with Gasteiger partial charge in [-0.25, -0.2) is 0 Å². The van der Waals surface area contributed by atoms with Crippen molar-refractivity contribution in [2.24, 2.45) is 11.0 Å². The summed E-state index contributed by atoms with van der Waals surface area (Å²) in [5.41, 5.74) is 6.89. The lowest BCUT2D eigenvalue weighted by Crippen LogP contribution is -2.20. The summed E-state index contributed by atoms with van der Waals surface area (Å²) in [4.78, 5) is 12.9. The molecule has 0 unspecified atom stereocenters. The molecule has 0 radical (unpaired) electrons. The van der Waals surface area contributed by atoms with Crippen molar-refractivity contribution in [3.05, 3.63) is 10.4 Å². The van der Waals surface area contributed by atoms with Crippen LogP contribution < -0.4 is 0 Å². The van der Waals surface area contributed by atoms with Gasteiger partial charge in [-0.3, -0.25) is 4.79 Å². The third kappa shape index (κ3) is 0.717. The Morgan fingerprint density at radius 3 is 2.60 bits per heavy atom. The van der Waals surface area contributed by atoms with Gasteiger partial charge in [0.1, 0.15) is 5.54 Å². The van der Waals surface area contributed by atoms with E-state index in [1.165, 1.54) is 0 Å². The number of azide groups is 1. The molecule has 1 fully saturated rings. The number of aliphatic carboxylic acids is 1. The first-order valence-corrected chi connectivity index (χ1v) is 2.93. The third-order valence-electron chi connectivity index (χ3n) is 1.87. The molecule has 0 saturated heterocycles. The maximum Gasteiger partial charge on any atom is 0.315 e. The normalized spacial score (nSPS) is 36.3. The standard InChI is InChI=1S/C5H7N3O2/c1-3-2-5(3,4(9)10)7-8-6/h3H,2H2,1H3,(H,9,10)/t3-,5+/m1/s1. The van der Waals surface area contributed by atoms with E-state index in [1.807, 2.05) is 0 Å². The Hall–Kier alpha value is -1.22. The second kappa shape index (κ2) is 1.88. The first-order valence-electron chi connectivity index (χ1n) is 2.93. The van der Waals surface area contributed by atoms with Gasteiger partial charge in [0, 0.05) is 4.91 Å². The van der Waals surface area contributed by atoms with Crippen molar-refractivity contribution >= 4 is 5.97 Å². The van der Waals surface area contributed by atoms with Crippen LogP contribution in [-0.4, -0.2) is 16.6 Å². The number of hydrogen-bond donors (Lipinski definition) is 1. The lowest BCUT2D eigenvalue weighted by atomic mass is 10.2. The Kier molecular flexibility index (Phi) is 1.30. The van der Waals surface area contributed by atoms with E-state index in [2.05, 4.69) is 10.0 Å². The lowest BCUT2D eigenvalue weighted by Gasteiger charge is -1.98. The van der Waals surface area contributed by atoms with E-state index in [0.717, 1.165) is 0 Å². The molecule has 10 heavy (non-hydrogen) atoms. The fourth-order valence-electron chi connectivity index (χ4n) is 0.968. The molecule has 0 aromatic rings. The molecule has 1 N–H and O–H groups in total. The fourth-order valence-corrected chi connectivity index (χ4v) is 0.968. The number of hydrogen-bond acceptors (Lipinski definition) is 2. The van der Waals surface area contributed by atoms with Crippen molar-refractivity contribution in [3.63, 3.8) is 0 Å². The number of carboxylic acid groups (broad SMARTS) is 1. The van der Waals surface area contributed by atoms with Crippen LogP contribution >= 0.6 is 0 Å². The summed E-state index contributed by atoms with van der Waals surface area (Å²) >= 11 is 0. The topological polar surface area (TPSA) is 86.1 Å². The lowest BCUT2D eigenvalue weighted by molar-refractivity contribution is -0.139. The minimum atomic E-state index is -1.12. The zero-order valence-electron chi connectivity index (χ0n) is 5.48. The van der Waals surface area contributed by atoms with E-state index < -0.39 is 11.5 Å². The van der Waals surface area contributed by atoms with Crippen LogP contribution in [0.5, 0.6) is 0 Å². The zero-order valence-corrected chi connectivity index (χ0v) is 5.48. The molecule has 0 bridgehead atoms. The highest BCUT2D eigenvalue weighted by molar-refractivity contribution is 5.83. The summed E-state index contributed by atoms with van der Waals surface area (Å²) in [7, 11) is 0. The highest BCUT2D eigenvalue weighted by atomic mass is 16.4. The van der Waals surface area contributed by atoms with Gasteiger partial charge in [-0.15, -0.1) is 0 Å². The molecule has 0 aliphatic heterocycles. The van der Waals surface area contributed by atoms with Crippen LogP contribution in [0.2, 0.25) is 0 Å². The van der Waals surface area contributed by atoms with Crippen molar-refractivity contribution in [1.82, 2.24) is 0 Å².